The van der Waals surface area contributed by atoms with Crippen LogP contribution in [-0.4, -0.2) is 39.9 Å². The Bertz CT molecular complexity index is 3680. The molecule has 0 atom stereocenters. The van der Waals surface area contributed by atoms with Gasteiger partial charge in [-0.1, -0.05) is 146 Å². The average Bonchev–Trinajstić information content (AvgIpc) is 4.13. The van der Waals surface area contributed by atoms with E-state index in [4.69, 9.17) is 48.9 Å². The van der Waals surface area contributed by atoms with Crippen molar-refractivity contribution in [2.24, 2.45) is 0 Å². The molecule has 3 aromatic heterocycles. The molecule has 0 aliphatic carbocycles. The molecule has 2 N–H and O–H groups in total. The number of fused-ring (bicyclic) bond motifs is 20. The molecule has 12 nitrogen and oxygen atoms in total. The van der Waals surface area contributed by atoms with Gasteiger partial charge in [0.05, 0.1) is 10.8 Å². The van der Waals surface area contributed by atoms with Gasteiger partial charge in [0, 0.05) is 50.1 Å². The second-order valence-corrected chi connectivity index (χ2v) is 16.0. The van der Waals surface area contributed by atoms with Crippen LogP contribution in [0.5, 0.6) is 46.0 Å². The maximum atomic E-state index is 7.05. The summed E-state index contributed by atoms with van der Waals surface area (Å²) in [6, 6.07) is 61.7. The summed E-state index contributed by atoms with van der Waals surface area (Å²) in [5.74, 6) is 4.88. The fourth-order valence-corrected chi connectivity index (χ4v) is 8.59. The standard InChI is InChI=1S/C56H34N8O4.Cu/c1-5-19-33(20-6-1)65-45-43-44(46(66-34-21-7-2-8-22-34)48(68-36-25-11-4-12-26-36)47(45)67-35-23-9-3-10-24-35)56-63-54-42-32-18-16-30-40(42)52(61-54)59-50-38-28-14-13-27-37(38)49(57-50)58-51-39-29-15-17-31-41(39)53(60-51)62-55(43)64-56;/h1-32H,(H2,57,58,59,60,61,62,63,64);. The van der Waals surface area contributed by atoms with Gasteiger partial charge in [-0.25, -0.2) is 29.9 Å². The molecule has 0 amide bonds. The van der Waals surface area contributed by atoms with Crippen LogP contribution in [-0.2, 0) is 17.1 Å². The van der Waals surface area contributed by atoms with E-state index in [1.807, 2.05) is 194 Å². The third kappa shape index (κ3) is 7.44. The third-order valence-electron chi connectivity index (χ3n) is 11.7. The van der Waals surface area contributed by atoms with Crippen LogP contribution in [0.4, 0.5) is 0 Å². The number of ether oxygens (including phenoxy) is 4. The van der Waals surface area contributed by atoms with Gasteiger partial charge in [0.1, 0.15) is 45.6 Å². The van der Waals surface area contributed by atoms with Crippen LogP contribution in [0.15, 0.2) is 194 Å². The van der Waals surface area contributed by atoms with Gasteiger partial charge in [-0.2, -0.15) is 0 Å². The van der Waals surface area contributed by atoms with Crippen LogP contribution in [0.1, 0.15) is 0 Å². The molecular weight excluding hydrogens is 912 g/mol. The van der Waals surface area contributed by atoms with Crippen molar-refractivity contribution in [3.8, 4) is 91.5 Å². The van der Waals surface area contributed by atoms with Crippen molar-refractivity contribution in [2.75, 3.05) is 0 Å². The predicted molar refractivity (Wildman–Crippen MR) is 262 cm³/mol. The molecular formula is C56H34CuN8O4. The van der Waals surface area contributed by atoms with Crippen LogP contribution < -0.4 is 18.9 Å². The second kappa shape index (κ2) is 17.2. The molecule has 8 bridgehead atoms. The molecule has 8 aromatic carbocycles. The Kier molecular flexibility index (Phi) is 10.3. The fourth-order valence-electron chi connectivity index (χ4n) is 8.59. The molecule has 333 valence electrons. The summed E-state index contributed by atoms with van der Waals surface area (Å²) in [4.78, 5) is 38.6. The van der Waals surface area contributed by atoms with Crippen LogP contribution in [0.25, 0.3) is 89.7 Å². The van der Waals surface area contributed by atoms with Crippen molar-refractivity contribution >= 4 is 44.1 Å². The van der Waals surface area contributed by atoms with E-state index in [0.29, 0.717) is 79.7 Å². The van der Waals surface area contributed by atoms with E-state index < -0.39 is 0 Å². The number of rotatable bonds is 8. The molecule has 2 aliphatic heterocycles. The van der Waals surface area contributed by atoms with Crippen LogP contribution in [0.3, 0.4) is 0 Å². The third-order valence-corrected chi connectivity index (χ3v) is 11.7. The Hall–Kier alpha value is -9.16. The van der Waals surface area contributed by atoms with Gasteiger partial charge in [-0.05, 0) is 48.5 Å². The van der Waals surface area contributed by atoms with E-state index >= 15 is 0 Å². The summed E-state index contributed by atoms with van der Waals surface area (Å²) in [6.07, 6.45) is 0. The molecule has 13 rings (SSSR count). The summed E-state index contributed by atoms with van der Waals surface area (Å²) in [5.41, 5.74) is 5.07. The van der Waals surface area contributed by atoms with Crippen molar-refractivity contribution < 1.29 is 36.0 Å². The van der Waals surface area contributed by atoms with E-state index in [1.165, 1.54) is 0 Å². The minimum absolute atomic E-state index is 0. The summed E-state index contributed by atoms with van der Waals surface area (Å²) >= 11 is 0. The predicted octanol–water partition coefficient (Wildman–Crippen LogP) is 14.0. The number of para-hydroxylation sites is 4. The SMILES string of the molecule is [Cu].c1ccc(Oc2c(Oc3ccccc3)c(Oc3ccccc3)c3c4nc5nc(nc6[nH]c(nc7nc(nc([nH]4)c3c2Oc2ccccc2)-c2ccccc2-7)c2ccccc62)-c2ccccc2-5)cc1. The second-order valence-electron chi connectivity index (χ2n) is 16.0. The number of H-pyrrole nitrogens is 2. The quantitative estimate of drug-likeness (QED) is 0.141. The van der Waals surface area contributed by atoms with Gasteiger partial charge in [-0.15, -0.1) is 0 Å². The molecule has 11 aromatic rings. The van der Waals surface area contributed by atoms with Gasteiger partial charge in [0.2, 0.25) is 11.5 Å². The number of aromatic nitrogens is 8. The number of nitrogens with one attached hydrogen (secondary N) is 2. The molecule has 5 heterocycles. The topological polar surface area (TPSA) is 146 Å². The number of nitrogens with zero attached hydrogens (tertiary/aromatic N) is 6. The van der Waals surface area contributed by atoms with E-state index in [9.17, 15) is 0 Å². The van der Waals surface area contributed by atoms with E-state index in [1.54, 1.807) is 0 Å². The molecule has 0 saturated carbocycles. The minimum atomic E-state index is 0. The number of hydrogen-bond acceptors (Lipinski definition) is 10. The minimum Gasteiger partial charge on any atom is -0.452 e. The zero-order valence-corrected chi connectivity index (χ0v) is 37.0. The molecule has 0 spiro atoms. The van der Waals surface area contributed by atoms with Crippen LogP contribution in [0.2, 0.25) is 0 Å². The first-order valence-corrected chi connectivity index (χ1v) is 21.9. The first-order valence-electron chi connectivity index (χ1n) is 21.9. The Morgan fingerprint density at radius 1 is 0.261 bits per heavy atom. The molecule has 1 radical (unpaired) electrons. The fraction of sp³-hybridized carbons (Fsp3) is 0. The van der Waals surface area contributed by atoms with Gasteiger partial charge in [0.25, 0.3) is 0 Å². The summed E-state index contributed by atoms with van der Waals surface area (Å²) in [7, 11) is 0. The Labute approximate surface area is 403 Å². The van der Waals surface area contributed by atoms with Crippen molar-refractivity contribution in [1.29, 1.82) is 0 Å². The first kappa shape index (κ1) is 41.3. The van der Waals surface area contributed by atoms with E-state index in [-0.39, 0.29) is 40.1 Å². The monoisotopic (exact) mass is 945 g/mol. The van der Waals surface area contributed by atoms with Crippen LogP contribution >= 0.6 is 0 Å². The average molecular weight is 946 g/mol. The molecule has 69 heavy (non-hydrogen) atoms. The van der Waals surface area contributed by atoms with Crippen molar-refractivity contribution in [2.45, 2.75) is 0 Å². The van der Waals surface area contributed by atoms with Gasteiger partial charge in [-0.3, -0.25) is 0 Å². The summed E-state index contributed by atoms with van der Waals surface area (Å²) in [5, 5.41) is 2.71. The Morgan fingerprint density at radius 3 is 0.855 bits per heavy atom. The normalized spacial score (nSPS) is 11.4. The maximum Gasteiger partial charge on any atom is 0.217 e. The van der Waals surface area contributed by atoms with Gasteiger partial charge in [0.15, 0.2) is 34.8 Å². The smallest absolute Gasteiger partial charge is 0.217 e. The molecule has 0 unspecified atom stereocenters. The van der Waals surface area contributed by atoms with Crippen molar-refractivity contribution in [3.63, 3.8) is 0 Å². The zero-order valence-electron chi connectivity index (χ0n) is 36.1. The van der Waals surface area contributed by atoms with Crippen molar-refractivity contribution in [3.05, 3.63) is 194 Å². The first-order chi connectivity index (χ1) is 33.7. The van der Waals surface area contributed by atoms with Crippen LogP contribution in [0, 0.1) is 0 Å². The molecule has 13 heteroatoms. The summed E-state index contributed by atoms with van der Waals surface area (Å²) < 4.78 is 28.0. The van der Waals surface area contributed by atoms with E-state index in [2.05, 4.69) is 9.97 Å². The van der Waals surface area contributed by atoms with Crippen molar-refractivity contribution in [1.82, 2.24) is 39.9 Å². The van der Waals surface area contributed by atoms with Gasteiger partial charge < -0.3 is 28.9 Å². The number of aromatic amines is 2. The summed E-state index contributed by atoms with van der Waals surface area (Å²) in [6.45, 7) is 0. The van der Waals surface area contributed by atoms with E-state index in [0.717, 1.165) is 33.0 Å². The number of benzene rings is 8. The Morgan fingerprint density at radius 2 is 0.522 bits per heavy atom. The zero-order chi connectivity index (χ0) is 45.0. The molecule has 2 aliphatic rings. The largest absolute Gasteiger partial charge is 0.452 e. The maximum absolute atomic E-state index is 7.05. The number of hydrogen-bond donors (Lipinski definition) is 2. The molecule has 0 fully saturated rings. The Balaban J connectivity index is 0.00000492. The molecule has 0 saturated heterocycles. The van der Waals surface area contributed by atoms with Gasteiger partial charge >= 0.3 is 0 Å².